The van der Waals surface area contributed by atoms with Crippen molar-refractivity contribution in [3.05, 3.63) is 122 Å². The summed E-state index contributed by atoms with van der Waals surface area (Å²) in [5.41, 5.74) is 5.73. The summed E-state index contributed by atoms with van der Waals surface area (Å²) in [5.74, 6) is 1.86. The standard InChI is InChI=1S/C28H28N4.C3H6/c1-6-11-21(9-4)26-30-27(23(12-7-2)13-8-3)32-28(31-26)24-18-16-22(17-19-24)25-15-10-14-20(5)29-25;1-3-2/h6-19H,2H2,1,3-5H3;3H,1H2,2H3/b11-6-,13-8-,21-9+,23-12+;. The third-order valence-electron chi connectivity index (χ3n) is 4.78. The molecule has 1 aromatic carbocycles. The summed E-state index contributed by atoms with van der Waals surface area (Å²) >= 11 is 0. The van der Waals surface area contributed by atoms with Gasteiger partial charge in [-0.05, 0) is 46.8 Å². The van der Waals surface area contributed by atoms with E-state index in [1.807, 2.05) is 101 Å². The van der Waals surface area contributed by atoms with Crippen molar-refractivity contribution in [1.29, 1.82) is 0 Å². The van der Waals surface area contributed by atoms with Gasteiger partial charge in [0.25, 0.3) is 0 Å². The predicted octanol–water partition coefficient (Wildman–Crippen LogP) is 8.23. The van der Waals surface area contributed by atoms with E-state index in [0.717, 1.165) is 33.7 Å². The van der Waals surface area contributed by atoms with E-state index in [9.17, 15) is 0 Å². The summed E-state index contributed by atoms with van der Waals surface area (Å²) in [5, 5.41) is 0. The number of rotatable bonds is 7. The highest BCUT2D eigenvalue weighted by atomic mass is 15.0. The average Bonchev–Trinajstić information content (AvgIpc) is 2.87. The van der Waals surface area contributed by atoms with Gasteiger partial charge in [-0.1, -0.05) is 85.5 Å². The second-order valence-corrected chi connectivity index (χ2v) is 7.56. The maximum Gasteiger partial charge on any atom is 0.164 e. The van der Waals surface area contributed by atoms with Gasteiger partial charge in [-0.2, -0.15) is 0 Å². The maximum atomic E-state index is 4.78. The molecule has 0 saturated heterocycles. The molecule has 0 saturated carbocycles. The number of pyridine rings is 1. The number of nitrogens with zero attached hydrogens (tertiary/aromatic N) is 4. The molecule has 0 atom stereocenters. The van der Waals surface area contributed by atoms with E-state index in [2.05, 4.69) is 30.3 Å². The lowest BCUT2D eigenvalue weighted by molar-refractivity contribution is 1.00. The van der Waals surface area contributed by atoms with Crippen LogP contribution in [0.3, 0.4) is 0 Å². The highest BCUT2D eigenvalue weighted by Gasteiger charge is 2.13. The third kappa shape index (κ3) is 7.68. The van der Waals surface area contributed by atoms with Crippen LogP contribution in [0.25, 0.3) is 33.8 Å². The van der Waals surface area contributed by atoms with Gasteiger partial charge in [-0.3, -0.25) is 4.98 Å². The topological polar surface area (TPSA) is 51.6 Å². The Morgan fingerprint density at radius 1 is 0.714 bits per heavy atom. The lowest BCUT2D eigenvalue weighted by atomic mass is 10.1. The number of benzene rings is 1. The zero-order chi connectivity index (χ0) is 25.6. The average molecular weight is 463 g/mol. The summed E-state index contributed by atoms with van der Waals surface area (Å²) in [6, 6.07) is 14.2. The monoisotopic (exact) mass is 462 g/mol. The summed E-state index contributed by atoms with van der Waals surface area (Å²) in [6.45, 7) is 17.0. The molecule has 0 radical (unpaired) electrons. The number of hydrogen-bond acceptors (Lipinski definition) is 4. The van der Waals surface area contributed by atoms with Gasteiger partial charge in [-0.25, -0.2) is 15.0 Å². The van der Waals surface area contributed by atoms with Crippen molar-refractivity contribution < 1.29 is 0 Å². The SMILES string of the molecule is C=C/C=C(\C=C/C)c1nc(C(/C=C\C)=C/C)nc(-c2ccc(-c3cccc(C)n3)cc2)n1.C=CC. The zero-order valence-corrected chi connectivity index (χ0v) is 21.4. The van der Waals surface area contributed by atoms with E-state index in [-0.39, 0.29) is 0 Å². The molecule has 35 heavy (non-hydrogen) atoms. The Morgan fingerprint density at radius 2 is 1.29 bits per heavy atom. The van der Waals surface area contributed by atoms with Crippen LogP contribution in [0, 0.1) is 6.92 Å². The summed E-state index contributed by atoms with van der Waals surface area (Å²) in [6.07, 6.45) is 15.3. The fourth-order valence-corrected chi connectivity index (χ4v) is 3.25. The van der Waals surface area contributed by atoms with E-state index in [1.165, 1.54) is 0 Å². The fraction of sp³-hybridized carbons (Fsp3) is 0.161. The Bertz CT molecular complexity index is 1260. The largest absolute Gasteiger partial charge is 0.253 e. The molecule has 3 rings (SSSR count). The van der Waals surface area contributed by atoms with Crippen molar-refractivity contribution >= 4 is 11.1 Å². The number of hydrogen-bond donors (Lipinski definition) is 0. The van der Waals surface area contributed by atoms with Crippen LogP contribution in [0.1, 0.15) is 45.0 Å². The van der Waals surface area contributed by atoms with Gasteiger partial charge in [0, 0.05) is 28.0 Å². The Hall–Kier alpha value is -4.18. The minimum Gasteiger partial charge on any atom is -0.253 e. The fourth-order valence-electron chi connectivity index (χ4n) is 3.25. The Morgan fingerprint density at radius 3 is 1.83 bits per heavy atom. The van der Waals surface area contributed by atoms with Crippen LogP contribution in [0.2, 0.25) is 0 Å². The number of allylic oxidation sites excluding steroid dienone is 10. The van der Waals surface area contributed by atoms with Gasteiger partial charge in [0.2, 0.25) is 0 Å². The first-order valence-electron chi connectivity index (χ1n) is 11.6. The van der Waals surface area contributed by atoms with E-state index < -0.39 is 0 Å². The maximum absolute atomic E-state index is 4.78. The van der Waals surface area contributed by atoms with E-state index in [0.29, 0.717) is 17.5 Å². The first-order valence-corrected chi connectivity index (χ1v) is 11.6. The van der Waals surface area contributed by atoms with Crippen molar-refractivity contribution in [2.75, 3.05) is 0 Å². The van der Waals surface area contributed by atoms with E-state index in [1.54, 1.807) is 12.2 Å². The molecule has 0 bridgehead atoms. The lowest BCUT2D eigenvalue weighted by Gasteiger charge is -2.10. The molecule has 0 N–H and O–H groups in total. The molecule has 3 aromatic rings. The van der Waals surface area contributed by atoms with Crippen LogP contribution in [0.4, 0.5) is 0 Å². The van der Waals surface area contributed by atoms with Crippen LogP contribution in [-0.2, 0) is 0 Å². The molecule has 0 fully saturated rings. The van der Waals surface area contributed by atoms with Crippen molar-refractivity contribution in [1.82, 2.24) is 19.9 Å². The molecule has 4 nitrogen and oxygen atoms in total. The van der Waals surface area contributed by atoms with Gasteiger partial charge in [0.1, 0.15) is 0 Å². The predicted molar refractivity (Wildman–Crippen MR) is 151 cm³/mol. The van der Waals surface area contributed by atoms with Crippen LogP contribution in [-0.4, -0.2) is 19.9 Å². The molecule has 178 valence electrons. The van der Waals surface area contributed by atoms with Crippen LogP contribution >= 0.6 is 0 Å². The first kappa shape index (κ1) is 27.1. The van der Waals surface area contributed by atoms with Gasteiger partial charge in [0.05, 0.1) is 5.69 Å². The van der Waals surface area contributed by atoms with Gasteiger partial charge in [0.15, 0.2) is 17.5 Å². The first-order chi connectivity index (χ1) is 17.0. The Balaban J connectivity index is 0.00000137. The lowest BCUT2D eigenvalue weighted by Crippen LogP contribution is -2.04. The third-order valence-corrected chi connectivity index (χ3v) is 4.78. The molecule has 2 heterocycles. The van der Waals surface area contributed by atoms with Crippen LogP contribution in [0.15, 0.2) is 104 Å². The quantitative estimate of drug-likeness (QED) is 0.262. The molecule has 4 heteroatoms. The summed E-state index contributed by atoms with van der Waals surface area (Å²) < 4.78 is 0. The van der Waals surface area contributed by atoms with E-state index in [4.69, 9.17) is 15.0 Å². The summed E-state index contributed by atoms with van der Waals surface area (Å²) in [7, 11) is 0. The van der Waals surface area contributed by atoms with Crippen molar-refractivity contribution in [3.8, 4) is 22.6 Å². The van der Waals surface area contributed by atoms with Crippen molar-refractivity contribution in [2.45, 2.75) is 34.6 Å². The number of aromatic nitrogens is 4. The molecule has 0 aliphatic rings. The van der Waals surface area contributed by atoms with Gasteiger partial charge in [-0.15, -0.1) is 6.58 Å². The molecular formula is C31H34N4. The van der Waals surface area contributed by atoms with Gasteiger partial charge >= 0.3 is 0 Å². The molecule has 0 amide bonds. The van der Waals surface area contributed by atoms with Crippen molar-refractivity contribution in [2.24, 2.45) is 0 Å². The second kappa shape index (κ2) is 14.2. The molecule has 2 aromatic heterocycles. The van der Waals surface area contributed by atoms with Crippen LogP contribution < -0.4 is 0 Å². The van der Waals surface area contributed by atoms with Gasteiger partial charge < -0.3 is 0 Å². The second-order valence-electron chi connectivity index (χ2n) is 7.56. The highest BCUT2D eigenvalue weighted by Crippen LogP contribution is 2.25. The minimum absolute atomic E-state index is 0.608. The molecule has 0 aliphatic carbocycles. The molecule has 0 aliphatic heterocycles. The summed E-state index contributed by atoms with van der Waals surface area (Å²) in [4.78, 5) is 18.9. The van der Waals surface area contributed by atoms with Crippen molar-refractivity contribution in [3.63, 3.8) is 0 Å². The highest BCUT2D eigenvalue weighted by molar-refractivity contribution is 5.76. The van der Waals surface area contributed by atoms with Crippen LogP contribution in [0.5, 0.6) is 0 Å². The zero-order valence-electron chi connectivity index (χ0n) is 21.4. The molecular weight excluding hydrogens is 428 g/mol. The molecule has 0 unspecified atom stereocenters. The van der Waals surface area contributed by atoms with E-state index >= 15 is 0 Å². The Kier molecular flexibility index (Phi) is 11.0. The number of aryl methyl sites for hydroxylation is 1. The minimum atomic E-state index is 0.608. The smallest absolute Gasteiger partial charge is 0.164 e. The Labute approximate surface area is 209 Å². The molecule has 0 spiro atoms. The normalized spacial score (nSPS) is 11.9.